The highest BCUT2D eigenvalue weighted by atomic mass is 32.1. The smallest absolute Gasteiger partial charge is 0.255 e. The second-order valence-corrected chi connectivity index (χ2v) is 8.35. The third-order valence-electron chi connectivity index (χ3n) is 5.77. The molecule has 2 unspecified atom stereocenters. The number of hydrogen-bond donors (Lipinski definition) is 2. The van der Waals surface area contributed by atoms with Crippen LogP contribution in [-0.2, 0) is 5.60 Å². The Labute approximate surface area is 160 Å². The number of pyridine rings is 1. The van der Waals surface area contributed by atoms with Gasteiger partial charge in [0.2, 0.25) is 0 Å². The van der Waals surface area contributed by atoms with E-state index in [1.807, 2.05) is 40.7 Å². The molecule has 27 heavy (non-hydrogen) atoms. The fraction of sp³-hybridized carbons (Fsp3) is 0.350. The Morgan fingerprint density at radius 1 is 1.30 bits per heavy atom. The van der Waals surface area contributed by atoms with Crippen molar-refractivity contribution in [3.63, 3.8) is 0 Å². The number of piperidine rings is 1. The summed E-state index contributed by atoms with van der Waals surface area (Å²) in [4.78, 5) is 20.6. The molecular formula is C20H20N4O2S. The van der Waals surface area contributed by atoms with Crippen LogP contribution in [-0.4, -0.2) is 43.2 Å². The molecule has 0 aromatic carbocycles. The van der Waals surface area contributed by atoms with E-state index in [4.69, 9.17) is 0 Å². The van der Waals surface area contributed by atoms with Crippen LogP contribution in [0.5, 0.6) is 0 Å². The molecule has 5 rings (SSSR count). The Bertz CT molecular complexity index is 940. The van der Waals surface area contributed by atoms with Gasteiger partial charge in [0.25, 0.3) is 5.91 Å². The monoisotopic (exact) mass is 380 g/mol. The van der Waals surface area contributed by atoms with Crippen molar-refractivity contribution in [2.24, 2.45) is 0 Å². The molecule has 138 valence electrons. The minimum Gasteiger partial charge on any atom is -0.383 e. The van der Waals surface area contributed by atoms with Crippen molar-refractivity contribution in [2.75, 3.05) is 0 Å². The normalized spacial score (nSPS) is 27.1. The Morgan fingerprint density at radius 2 is 2.11 bits per heavy atom. The lowest BCUT2D eigenvalue weighted by molar-refractivity contribution is -0.0507. The maximum atomic E-state index is 13.2. The minimum atomic E-state index is -0.944. The molecule has 0 spiro atoms. The van der Waals surface area contributed by atoms with E-state index in [1.165, 1.54) is 0 Å². The topological polar surface area (TPSA) is 82.1 Å². The number of hydrogen-bond acceptors (Lipinski definition) is 5. The Balaban J connectivity index is 1.39. The molecule has 2 aliphatic rings. The van der Waals surface area contributed by atoms with Crippen molar-refractivity contribution in [3.05, 3.63) is 59.5 Å². The highest BCUT2D eigenvalue weighted by Crippen LogP contribution is 2.46. The van der Waals surface area contributed by atoms with Gasteiger partial charge in [0.1, 0.15) is 5.60 Å². The molecule has 2 N–H and O–H groups in total. The summed E-state index contributed by atoms with van der Waals surface area (Å²) in [6.45, 7) is 0. The number of fused-ring (bicyclic) bond motifs is 2. The standard InChI is InChI=1S/C20H20N4O2S/c25-19(13-7-17(27-12-13)14-10-22-23-11-14)24-15-4-5-16(24)9-20(26,8-15)18-3-1-2-6-21-18/h1-3,6-7,10-12,15-16,26H,4-5,8-9H2,(H,22,23). The van der Waals surface area contributed by atoms with Crippen LogP contribution in [0.2, 0.25) is 0 Å². The van der Waals surface area contributed by atoms with Gasteiger partial charge in [0.05, 0.1) is 17.5 Å². The molecule has 2 saturated heterocycles. The first-order chi connectivity index (χ1) is 13.1. The van der Waals surface area contributed by atoms with Gasteiger partial charge in [-0.1, -0.05) is 6.07 Å². The van der Waals surface area contributed by atoms with Crippen molar-refractivity contribution >= 4 is 17.2 Å². The summed E-state index contributed by atoms with van der Waals surface area (Å²) in [6.07, 6.45) is 8.27. The van der Waals surface area contributed by atoms with E-state index in [9.17, 15) is 9.90 Å². The van der Waals surface area contributed by atoms with Crippen LogP contribution in [0.15, 0.2) is 48.2 Å². The number of H-pyrrole nitrogens is 1. The molecular weight excluding hydrogens is 360 g/mol. The maximum Gasteiger partial charge on any atom is 0.255 e. The number of aromatic amines is 1. The van der Waals surface area contributed by atoms with E-state index >= 15 is 0 Å². The number of amides is 1. The van der Waals surface area contributed by atoms with Gasteiger partial charge in [-0.25, -0.2) is 0 Å². The lowest BCUT2D eigenvalue weighted by Crippen LogP contribution is -2.52. The summed E-state index contributed by atoms with van der Waals surface area (Å²) in [7, 11) is 0. The fourth-order valence-electron chi connectivity index (χ4n) is 4.54. The molecule has 3 aromatic rings. The number of aliphatic hydroxyl groups is 1. The molecule has 3 aromatic heterocycles. The first kappa shape index (κ1) is 16.6. The number of nitrogens with zero attached hydrogens (tertiary/aromatic N) is 3. The average Bonchev–Trinajstić information content (AvgIpc) is 3.41. The van der Waals surface area contributed by atoms with Crippen molar-refractivity contribution in [3.8, 4) is 10.4 Å². The van der Waals surface area contributed by atoms with Crippen LogP contribution >= 0.6 is 11.3 Å². The summed E-state index contributed by atoms with van der Waals surface area (Å²) >= 11 is 1.55. The lowest BCUT2D eigenvalue weighted by atomic mass is 9.83. The lowest BCUT2D eigenvalue weighted by Gasteiger charge is -2.43. The fourth-order valence-corrected chi connectivity index (χ4v) is 5.40. The van der Waals surface area contributed by atoms with E-state index in [-0.39, 0.29) is 18.0 Å². The summed E-state index contributed by atoms with van der Waals surface area (Å²) in [5.74, 6) is 0.0663. The summed E-state index contributed by atoms with van der Waals surface area (Å²) < 4.78 is 0. The van der Waals surface area contributed by atoms with Crippen LogP contribution in [0.25, 0.3) is 10.4 Å². The van der Waals surface area contributed by atoms with Crippen molar-refractivity contribution < 1.29 is 9.90 Å². The molecule has 0 saturated carbocycles. The SMILES string of the molecule is O=C(c1csc(-c2cn[nH]c2)c1)N1C2CCC1CC(O)(c1ccccn1)C2. The van der Waals surface area contributed by atoms with Crippen molar-refractivity contribution in [2.45, 2.75) is 43.4 Å². The number of rotatable bonds is 3. The first-order valence-electron chi connectivity index (χ1n) is 9.18. The first-order valence-corrected chi connectivity index (χ1v) is 10.1. The Hall–Kier alpha value is -2.51. The number of aromatic nitrogens is 3. The number of carbonyl (C=O) groups excluding carboxylic acids is 1. The van der Waals surface area contributed by atoms with E-state index in [2.05, 4.69) is 15.2 Å². The van der Waals surface area contributed by atoms with Gasteiger partial charge in [-0.15, -0.1) is 11.3 Å². The van der Waals surface area contributed by atoms with Crippen LogP contribution in [0.1, 0.15) is 41.7 Å². The molecule has 5 heterocycles. The molecule has 7 heteroatoms. The average molecular weight is 380 g/mol. The van der Waals surface area contributed by atoms with E-state index in [0.717, 1.165) is 28.8 Å². The van der Waals surface area contributed by atoms with Crippen LogP contribution in [0.3, 0.4) is 0 Å². The zero-order valence-electron chi connectivity index (χ0n) is 14.7. The van der Waals surface area contributed by atoms with Crippen molar-refractivity contribution in [1.29, 1.82) is 0 Å². The highest BCUT2D eigenvalue weighted by Gasteiger charge is 2.50. The van der Waals surface area contributed by atoms with Crippen LogP contribution < -0.4 is 0 Å². The molecule has 1 amide bonds. The van der Waals surface area contributed by atoms with E-state index < -0.39 is 5.60 Å². The molecule has 0 aliphatic carbocycles. The third-order valence-corrected chi connectivity index (χ3v) is 6.75. The second-order valence-electron chi connectivity index (χ2n) is 7.44. The summed E-state index contributed by atoms with van der Waals surface area (Å²) in [6, 6.07) is 7.70. The minimum absolute atomic E-state index is 0.0560. The van der Waals surface area contributed by atoms with E-state index in [1.54, 1.807) is 23.7 Å². The van der Waals surface area contributed by atoms with Gasteiger partial charge in [0, 0.05) is 53.1 Å². The Morgan fingerprint density at radius 3 is 2.78 bits per heavy atom. The second kappa shape index (κ2) is 6.28. The van der Waals surface area contributed by atoms with Gasteiger partial charge < -0.3 is 10.0 Å². The number of carbonyl (C=O) groups is 1. The van der Waals surface area contributed by atoms with Crippen LogP contribution in [0.4, 0.5) is 0 Å². The quantitative estimate of drug-likeness (QED) is 0.731. The number of nitrogens with one attached hydrogen (secondary N) is 1. The zero-order chi connectivity index (χ0) is 18.4. The summed E-state index contributed by atoms with van der Waals surface area (Å²) in [5, 5.41) is 19.9. The van der Waals surface area contributed by atoms with Gasteiger partial charge in [-0.05, 0) is 31.0 Å². The third kappa shape index (κ3) is 2.78. The highest BCUT2D eigenvalue weighted by molar-refractivity contribution is 7.13. The predicted molar refractivity (Wildman–Crippen MR) is 102 cm³/mol. The molecule has 2 atom stereocenters. The van der Waals surface area contributed by atoms with Crippen LogP contribution in [0, 0.1) is 0 Å². The number of thiophene rings is 1. The van der Waals surface area contributed by atoms with Gasteiger partial charge in [-0.2, -0.15) is 5.10 Å². The maximum absolute atomic E-state index is 13.2. The van der Waals surface area contributed by atoms with Crippen molar-refractivity contribution in [1.82, 2.24) is 20.1 Å². The van der Waals surface area contributed by atoms with Gasteiger partial charge >= 0.3 is 0 Å². The largest absolute Gasteiger partial charge is 0.383 e. The Kier molecular flexibility index (Phi) is 3.87. The molecule has 6 nitrogen and oxygen atoms in total. The van der Waals surface area contributed by atoms with Gasteiger partial charge in [-0.3, -0.25) is 14.9 Å². The molecule has 0 radical (unpaired) electrons. The van der Waals surface area contributed by atoms with E-state index in [0.29, 0.717) is 18.5 Å². The molecule has 2 bridgehead atoms. The molecule has 2 aliphatic heterocycles. The molecule has 2 fully saturated rings. The predicted octanol–water partition coefficient (Wildman–Crippen LogP) is 3.19. The summed E-state index contributed by atoms with van der Waals surface area (Å²) in [5.41, 5.74) is 1.48. The zero-order valence-corrected chi connectivity index (χ0v) is 15.5. The van der Waals surface area contributed by atoms with Gasteiger partial charge in [0.15, 0.2) is 0 Å².